The lowest BCUT2D eigenvalue weighted by Crippen LogP contribution is -2.38. The van der Waals surface area contributed by atoms with E-state index in [0.29, 0.717) is 23.9 Å². The van der Waals surface area contributed by atoms with Gasteiger partial charge in [0.2, 0.25) is 0 Å². The van der Waals surface area contributed by atoms with E-state index in [4.69, 9.17) is 23.3 Å². The SMILES string of the molecule is CC/C=C\C/C=C\C/C=C\C/C=C\C/C=C\C/C=C\CCC(=O)O[C@H](CO[C@@H](O)CCCC(=O)Oc1cc(O)cc(O)c1)CO[P+]([O-])(O)OCC[N+](C)(C)C. The number of phenols is 2. The van der Waals surface area contributed by atoms with Crippen LogP contribution in [0.15, 0.2) is 91.1 Å². The second-order valence-corrected chi connectivity index (χ2v) is 15.0. The van der Waals surface area contributed by atoms with Gasteiger partial charge in [0.15, 0.2) is 12.4 Å². The molecule has 0 aliphatic carbocycles. The van der Waals surface area contributed by atoms with E-state index >= 15 is 0 Å². The molecule has 308 valence electrons. The molecule has 1 aromatic rings. The summed E-state index contributed by atoms with van der Waals surface area (Å²) >= 11 is 0. The number of phenolic OH excluding ortho intramolecular Hbond substituents is 2. The summed E-state index contributed by atoms with van der Waals surface area (Å²) in [5.41, 5.74) is 0. The second kappa shape index (κ2) is 29.6. The maximum absolute atomic E-state index is 12.6. The Balaban J connectivity index is 2.48. The molecule has 0 heterocycles. The molecule has 0 radical (unpaired) electrons. The van der Waals surface area contributed by atoms with Crippen LogP contribution in [0.3, 0.4) is 0 Å². The van der Waals surface area contributed by atoms with Crippen molar-refractivity contribution in [2.45, 2.75) is 89.9 Å². The maximum Gasteiger partial charge on any atom is 0.377 e. The van der Waals surface area contributed by atoms with E-state index in [1.165, 1.54) is 12.1 Å². The van der Waals surface area contributed by atoms with E-state index in [1.54, 1.807) is 0 Å². The third kappa shape index (κ3) is 30.3. The van der Waals surface area contributed by atoms with Gasteiger partial charge in [0.1, 0.15) is 37.0 Å². The number of ether oxygens (including phenoxy) is 3. The van der Waals surface area contributed by atoms with Gasteiger partial charge < -0.3 is 38.9 Å². The van der Waals surface area contributed by atoms with Gasteiger partial charge in [-0.25, -0.2) is 0 Å². The molecule has 0 saturated heterocycles. The predicted molar refractivity (Wildman–Crippen MR) is 212 cm³/mol. The fourth-order valence-corrected chi connectivity index (χ4v) is 5.12. The number of aliphatic hydroxyl groups is 1. The molecule has 1 aromatic carbocycles. The predicted octanol–water partition coefficient (Wildman–Crippen LogP) is 6.67. The Hall–Kier alpha value is -3.65. The van der Waals surface area contributed by atoms with Crippen LogP contribution < -0.4 is 9.63 Å². The highest BCUT2D eigenvalue weighted by atomic mass is 31.2. The van der Waals surface area contributed by atoms with Gasteiger partial charge in [0, 0.05) is 31.0 Å². The summed E-state index contributed by atoms with van der Waals surface area (Å²) in [4.78, 5) is 47.3. The zero-order valence-electron chi connectivity index (χ0n) is 32.9. The number of phosphoric acid groups is 1. The number of quaternary nitrogens is 1. The first-order valence-electron chi connectivity index (χ1n) is 18.7. The molecular formula is C41H63NO12P+. The molecule has 14 heteroatoms. The Kier molecular flexibility index (Phi) is 26.6. The van der Waals surface area contributed by atoms with E-state index in [1.807, 2.05) is 39.4 Å². The molecule has 0 spiro atoms. The van der Waals surface area contributed by atoms with Crippen molar-refractivity contribution < 1.29 is 62.4 Å². The van der Waals surface area contributed by atoms with Crippen molar-refractivity contribution >= 4 is 20.1 Å². The third-order valence-electron chi connectivity index (χ3n) is 7.26. The number of rotatable bonds is 30. The minimum absolute atomic E-state index is 0.0112. The number of hydrogen-bond donors (Lipinski definition) is 4. The van der Waals surface area contributed by atoms with Crippen molar-refractivity contribution in [3.8, 4) is 17.2 Å². The van der Waals surface area contributed by atoms with Crippen molar-refractivity contribution in [2.24, 2.45) is 0 Å². The van der Waals surface area contributed by atoms with Crippen LogP contribution in [0.1, 0.15) is 77.6 Å². The molecule has 0 bridgehead atoms. The standard InChI is InChI=1S/C41H62NO12P/c1-5-6-7-8-9-10-11-12-13-14-15-16-17-18-19-20-21-22-23-25-40(46)54-38(34-52-55(48,49)51-29-28-42(2,3)4)33-50-39(45)26-24-27-41(47)53-37-31-35(43)30-36(44)32-37/h6-7,9-10,12-13,15-16,18-19,21-22,30-32,38-39,45H,5,8,11,14,17,20,23-29,33-34H2,1-4H3,(H2-,43,44,48,49)/p+1/b7-6-,10-9-,13-12-,16-15-,19-18-,22-21-/t38-,39-/m1/s1. The molecule has 0 aromatic heterocycles. The first kappa shape index (κ1) is 49.4. The molecule has 0 amide bonds. The van der Waals surface area contributed by atoms with Gasteiger partial charge in [-0.1, -0.05) is 79.8 Å². The van der Waals surface area contributed by atoms with Crippen LogP contribution in [0.4, 0.5) is 0 Å². The summed E-state index contributed by atoms with van der Waals surface area (Å²) < 4.78 is 26.5. The lowest BCUT2D eigenvalue weighted by molar-refractivity contribution is -0.870. The second-order valence-electron chi connectivity index (χ2n) is 13.5. The third-order valence-corrected chi connectivity index (χ3v) is 8.25. The molecule has 1 rings (SSSR count). The van der Waals surface area contributed by atoms with Gasteiger partial charge >= 0.3 is 20.1 Å². The quantitative estimate of drug-likeness (QED) is 0.0162. The lowest BCUT2D eigenvalue weighted by Gasteiger charge is -2.26. The monoisotopic (exact) mass is 792 g/mol. The Labute approximate surface area is 327 Å². The zero-order chi connectivity index (χ0) is 40.8. The highest BCUT2D eigenvalue weighted by Gasteiger charge is 2.31. The maximum atomic E-state index is 12.6. The Morgan fingerprint density at radius 1 is 0.764 bits per heavy atom. The number of likely N-dealkylation sites (N-methyl/N-ethyl adjacent to an activating group) is 1. The summed E-state index contributed by atoms with van der Waals surface area (Å²) in [6.45, 7) is 1.64. The van der Waals surface area contributed by atoms with Crippen molar-refractivity contribution in [3.05, 3.63) is 91.1 Å². The largest absolute Gasteiger partial charge is 0.606 e. The average molecular weight is 793 g/mol. The number of aliphatic hydroxyl groups excluding tert-OH is 1. The van der Waals surface area contributed by atoms with Crippen molar-refractivity contribution in [3.63, 3.8) is 0 Å². The van der Waals surface area contributed by atoms with Crippen LogP contribution in [0.5, 0.6) is 17.2 Å². The Bertz CT molecular complexity index is 1380. The summed E-state index contributed by atoms with van der Waals surface area (Å²) in [5, 5.41) is 29.4. The number of carbonyl (C=O) groups excluding carboxylic acids is 2. The molecule has 1 unspecified atom stereocenters. The minimum Gasteiger partial charge on any atom is -0.606 e. The van der Waals surface area contributed by atoms with Crippen LogP contribution in [0, 0.1) is 0 Å². The molecular weight excluding hydrogens is 729 g/mol. The lowest BCUT2D eigenvalue weighted by atomic mass is 10.2. The van der Waals surface area contributed by atoms with Crippen LogP contribution >= 0.6 is 8.17 Å². The highest BCUT2D eigenvalue weighted by molar-refractivity contribution is 7.52. The van der Waals surface area contributed by atoms with E-state index in [2.05, 4.69) is 61.6 Å². The fourth-order valence-electron chi connectivity index (χ4n) is 4.38. The smallest absolute Gasteiger partial charge is 0.377 e. The zero-order valence-corrected chi connectivity index (χ0v) is 33.8. The summed E-state index contributed by atoms with van der Waals surface area (Å²) in [7, 11) is 1.22. The molecule has 0 fully saturated rings. The Morgan fingerprint density at radius 2 is 1.29 bits per heavy atom. The van der Waals surface area contributed by atoms with Crippen LogP contribution in [0.2, 0.25) is 0 Å². The average Bonchev–Trinajstić information content (AvgIpc) is 3.09. The number of esters is 2. The molecule has 55 heavy (non-hydrogen) atoms. The van der Waals surface area contributed by atoms with Gasteiger partial charge in [-0.15, -0.1) is 0 Å². The van der Waals surface area contributed by atoms with E-state index in [9.17, 15) is 34.7 Å². The van der Waals surface area contributed by atoms with E-state index < -0.39 is 39.1 Å². The molecule has 0 aliphatic heterocycles. The van der Waals surface area contributed by atoms with Crippen LogP contribution in [-0.2, 0) is 28.1 Å². The summed E-state index contributed by atoms with van der Waals surface area (Å²) in [5.74, 6) is -1.83. The first-order chi connectivity index (χ1) is 26.2. The number of aromatic hydroxyl groups is 2. The molecule has 0 aliphatic rings. The summed E-state index contributed by atoms with van der Waals surface area (Å²) in [6.07, 6.45) is 28.6. The Morgan fingerprint density at radius 3 is 1.82 bits per heavy atom. The number of nitrogens with zero attached hydrogens (tertiary/aromatic N) is 1. The minimum atomic E-state index is -4.48. The normalized spacial score (nSPS) is 14.9. The number of hydrogen-bond acceptors (Lipinski definition) is 12. The molecule has 13 nitrogen and oxygen atoms in total. The van der Waals surface area contributed by atoms with Gasteiger partial charge in [-0.3, -0.25) is 9.59 Å². The van der Waals surface area contributed by atoms with E-state index in [-0.39, 0.29) is 56.1 Å². The topological polar surface area (TPSA) is 184 Å². The summed E-state index contributed by atoms with van der Waals surface area (Å²) in [6, 6.07) is 3.43. The van der Waals surface area contributed by atoms with Crippen LogP contribution in [-0.4, -0.2) is 96.5 Å². The highest BCUT2D eigenvalue weighted by Crippen LogP contribution is 2.47. The van der Waals surface area contributed by atoms with Crippen LogP contribution in [0.25, 0.3) is 0 Å². The fraction of sp³-hybridized carbons (Fsp3) is 0.512. The number of allylic oxidation sites excluding steroid dienone is 12. The number of carbonyl (C=O) groups is 2. The van der Waals surface area contributed by atoms with Crippen molar-refractivity contribution in [2.75, 3.05) is 47.5 Å². The number of benzene rings is 1. The van der Waals surface area contributed by atoms with Gasteiger partial charge in [0.05, 0.1) is 27.7 Å². The van der Waals surface area contributed by atoms with E-state index in [0.717, 1.165) is 38.2 Å². The first-order valence-corrected chi connectivity index (χ1v) is 20.2. The van der Waals surface area contributed by atoms with Gasteiger partial charge in [0.25, 0.3) is 0 Å². The van der Waals surface area contributed by atoms with Crippen molar-refractivity contribution in [1.29, 1.82) is 0 Å². The molecule has 0 saturated carbocycles. The molecule has 3 atom stereocenters. The van der Waals surface area contributed by atoms with Gasteiger partial charge in [-0.05, 0) is 57.8 Å². The van der Waals surface area contributed by atoms with Crippen molar-refractivity contribution in [1.82, 2.24) is 0 Å². The van der Waals surface area contributed by atoms with Gasteiger partial charge in [-0.2, -0.15) is 13.9 Å². The number of phosphoric ester groups is 1. The molecule has 4 N–H and O–H groups in total.